The van der Waals surface area contributed by atoms with Crippen molar-refractivity contribution in [3.8, 4) is 0 Å². The van der Waals surface area contributed by atoms with Crippen LogP contribution in [0.3, 0.4) is 0 Å². The summed E-state index contributed by atoms with van der Waals surface area (Å²) in [6, 6.07) is 10.1. The van der Waals surface area contributed by atoms with E-state index in [1.54, 1.807) is 6.20 Å². The molecule has 2 aliphatic heterocycles. The molecule has 0 unspecified atom stereocenters. The molecule has 1 aromatic carbocycles. The topological polar surface area (TPSA) is 82.5 Å². The second-order valence-corrected chi connectivity index (χ2v) is 13.4. The Bertz CT molecular complexity index is 1290. The minimum absolute atomic E-state index is 0.177. The lowest BCUT2D eigenvalue weighted by molar-refractivity contribution is -0.143. The smallest absolute Gasteiger partial charge is 0.307 e. The van der Waals surface area contributed by atoms with Crippen molar-refractivity contribution in [1.82, 2.24) is 34.2 Å². The maximum absolute atomic E-state index is 11.9. The van der Waals surface area contributed by atoms with E-state index < -0.39 is 0 Å². The van der Waals surface area contributed by atoms with Gasteiger partial charge in [0.2, 0.25) is 0 Å². The monoisotopic (exact) mass is 601 g/mol. The number of H-pyrrole nitrogens is 1. The molecule has 0 amide bonds. The van der Waals surface area contributed by atoms with Crippen LogP contribution < -0.4 is 0 Å². The lowest BCUT2D eigenvalue weighted by Gasteiger charge is -2.43. The molecule has 9 nitrogen and oxygen atoms in total. The number of carbonyl (C=O) groups is 1. The first kappa shape index (κ1) is 31.0. The Balaban J connectivity index is 1.02. The summed E-state index contributed by atoms with van der Waals surface area (Å²) in [6.07, 6.45) is 19.0. The largest absolute Gasteiger partial charge is 0.466 e. The number of aryl methyl sites for hydroxylation is 1. The molecule has 3 fully saturated rings. The van der Waals surface area contributed by atoms with Crippen molar-refractivity contribution >= 4 is 5.97 Å². The van der Waals surface area contributed by atoms with E-state index in [2.05, 4.69) is 58.5 Å². The highest BCUT2D eigenvalue weighted by molar-refractivity contribution is 5.69. The van der Waals surface area contributed by atoms with E-state index in [1.165, 1.54) is 88.7 Å². The van der Waals surface area contributed by atoms with Crippen LogP contribution in [0.15, 0.2) is 49.1 Å². The molecular weight excluding hydrogens is 550 g/mol. The molecule has 1 saturated carbocycles. The molecule has 0 atom stereocenters. The number of benzene rings is 1. The van der Waals surface area contributed by atoms with Gasteiger partial charge < -0.3 is 19.2 Å². The first-order valence-corrected chi connectivity index (χ1v) is 17.0. The van der Waals surface area contributed by atoms with Gasteiger partial charge in [-0.1, -0.05) is 43.5 Å². The highest BCUT2D eigenvalue weighted by atomic mass is 16.5. The number of esters is 1. The van der Waals surface area contributed by atoms with E-state index >= 15 is 0 Å². The first-order valence-electron chi connectivity index (χ1n) is 17.0. The zero-order valence-electron chi connectivity index (χ0n) is 26.6. The highest BCUT2D eigenvalue weighted by Gasteiger charge is 2.41. The summed E-state index contributed by atoms with van der Waals surface area (Å²) in [7, 11) is 0. The van der Waals surface area contributed by atoms with Gasteiger partial charge >= 0.3 is 5.97 Å². The number of nitrogens with zero attached hydrogens (tertiary/aromatic N) is 6. The predicted octanol–water partition coefficient (Wildman–Crippen LogP) is 5.38. The lowest BCUT2D eigenvalue weighted by atomic mass is 9.77. The quantitative estimate of drug-likeness (QED) is 0.263. The van der Waals surface area contributed by atoms with E-state index in [9.17, 15) is 4.79 Å². The molecule has 1 N–H and O–H groups in total. The Morgan fingerprint density at radius 1 is 0.977 bits per heavy atom. The molecule has 3 aliphatic rings. The van der Waals surface area contributed by atoms with Gasteiger partial charge in [-0.25, -0.2) is 9.97 Å². The van der Waals surface area contributed by atoms with Gasteiger partial charge in [0.25, 0.3) is 0 Å². The van der Waals surface area contributed by atoms with Gasteiger partial charge in [0, 0.05) is 57.0 Å². The Morgan fingerprint density at radius 3 is 2.50 bits per heavy atom. The maximum atomic E-state index is 11.9. The van der Waals surface area contributed by atoms with Gasteiger partial charge in [0.05, 0.1) is 26.1 Å². The third-order valence-corrected chi connectivity index (χ3v) is 10.3. The number of hydrogen-bond acceptors (Lipinski definition) is 7. The van der Waals surface area contributed by atoms with Gasteiger partial charge in [0.1, 0.15) is 11.6 Å². The Morgan fingerprint density at radius 2 is 1.75 bits per heavy atom. The summed E-state index contributed by atoms with van der Waals surface area (Å²) in [5.74, 6) is 1.69. The van der Waals surface area contributed by atoms with E-state index in [1.807, 2.05) is 25.5 Å². The van der Waals surface area contributed by atoms with Crippen LogP contribution >= 0.6 is 0 Å². The average molecular weight is 602 g/mol. The van der Waals surface area contributed by atoms with Crippen molar-refractivity contribution in [3.05, 3.63) is 71.8 Å². The van der Waals surface area contributed by atoms with Crippen LogP contribution in [0.4, 0.5) is 0 Å². The molecule has 0 radical (unpaired) electrons. The van der Waals surface area contributed by atoms with E-state index in [0.29, 0.717) is 38.1 Å². The van der Waals surface area contributed by atoms with Crippen LogP contribution in [0.5, 0.6) is 0 Å². The fourth-order valence-electron chi connectivity index (χ4n) is 7.75. The van der Waals surface area contributed by atoms with Crippen LogP contribution in [0.25, 0.3) is 0 Å². The standard InChI is InChI=1S/C35H51N7O2/c1-2-44-34(43)12-19-42-23-18-38-33(42)27-40(26-32-36-16-17-37-32)25-30-10-8-29(9-11-30)24-39-20-13-35(28-39)14-21-41(22-15-35)31-6-4-3-5-7-31/h8-11,16-18,23,31H,2-7,12-15,19-22,24-28H2,1H3,(H,36,37). The average Bonchev–Trinajstić information content (AvgIpc) is 3.81. The Kier molecular flexibility index (Phi) is 10.5. The number of ether oxygens (including phenoxy) is 1. The number of piperidine rings is 1. The number of imidazole rings is 2. The summed E-state index contributed by atoms with van der Waals surface area (Å²) >= 11 is 0. The summed E-state index contributed by atoms with van der Waals surface area (Å²) in [5.41, 5.74) is 3.22. The molecule has 1 spiro atoms. The van der Waals surface area contributed by atoms with Gasteiger partial charge in [-0.05, 0) is 75.2 Å². The second-order valence-electron chi connectivity index (χ2n) is 13.4. The number of aromatic amines is 1. The Hall–Kier alpha value is -3.01. The zero-order chi connectivity index (χ0) is 30.2. The SMILES string of the molecule is CCOC(=O)CCn1ccnc1CN(Cc1ccc(CN2CCC3(CCN(C4CCCCC4)CC3)C2)cc1)Cc1ncc[nH]1. The van der Waals surface area contributed by atoms with Crippen LogP contribution in [-0.2, 0) is 42.3 Å². The van der Waals surface area contributed by atoms with E-state index in [4.69, 9.17) is 4.74 Å². The van der Waals surface area contributed by atoms with Crippen LogP contribution in [0, 0.1) is 5.41 Å². The van der Waals surface area contributed by atoms with Crippen molar-refractivity contribution in [2.45, 2.75) is 103 Å². The van der Waals surface area contributed by atoms with Crippen molar-refractivity contribution in [2.75, 3.05) is 32.8 Å². The minimum atomic E-state index is -0.177. The number of carbonyl (C=O) groups excluding carboxylic acids is 1. The maximum Gasteiger partial charge on any atom is 0.307 e. The molecule has 9 heteroatoms. The molecule has 1 aliphatic carbocycles. The van der Waals surface area contributed by atoms with Gasteiger partial charge in [-0.15, -0.1) is 0 Å². The molecule has 238 valence electrons. The molecule has 4 heterocycles. The molecule has 2 aromatic heterocycles. The first-order chi connectivity index (χ1) is 21.6. The van der Waals surface area contributed by atoms with Crippen molar-refractivity contribution in [1.29, 1.82) is 0 Å². The normalized spacial score (nSPS) is 19.7. The molecule has 3 aromatic rings. The number of nitrogens with one attached hydrogen (secondary N) is 1. The fraction of sp³-hybridized carbons (Fsp3) is 0.629. The van der Waals surface area contributed by atoms with Crippen LogP contribution in [-0.4, -0.2) is 79.0 Å². The molecule has 2 saturated heterocycles. The fourth-order valence-corrected chi connectivity index (χ4v) is 7.75. The predicted molar refractivity (Wildman–Crippen MR) is 171 cm³/mol. The zero-order valence-corrected chi connectivity index (χ0v) is 26.6. The van der Waals surface area contributed by atoms with Gasteiger partial charge in [-0.2, -0.15) is 0 Å². The third kappa shape index (κ3) is 8.17. The number of hydrogen-bond donors (Lipinski definition) is 1. The molecule has 44 heavy (non-hydrogen) atoms. The lowest BCUT2D eigenvalue weighted by Crippen LogP contribution is -2.46. The molecule has 6 rings (SSSR count). The number of rotatable bonds is 13. The minimum Gasteiger partial charge on any atom is -0.466 e. The van der Waals surface area contributed by atoms with E-state index in [-0.39, 0.29) is 5.97 Å². The number of aromatic nitrogens is 4. The molecule has 0 bridgehead atoms. The van der Waals surface area contributed by atoms with Crippen LogP contribution in [0.2, 0.25) is 0 Å². The van der Waals surface area contributed by atoms with Crippen LogP contribution in [0.1, 0.15) is 87.5 Å². The summed E-state index contributed by atoms with van der Waals surface area (Å²) < 4.78 is 7.17. The second kappa shape index (κ2) is 14.8. The van der Waals surface area contributed by atoms with Crippen molar-refractivity contribution < 1.29 is 9.53 Å². The Labute approximate surface area is 263 Å². The van der Waals surface area contributed by atoms with Crippen molar-refractivity contribution in [2.24, 2.45) is 5.41 Å². The van der Waals surface area contributed by atoms with Gasteiger partial charge in [-0.3, -0.25) is 14.6 Å². The highest BCUT2D eigenvalue weighted by Crippen LogP contribution is 2.42. The summed E-state index contributed by atoms with van der Waals surface area (Å²) in [5, 5.41) is 0. The number of likely N-dealkylation sites (tertiary alicyclic amines) is 2. The van der Waals surface area contributed by atoms with Crippen molar-refractivity contribution in [3.63, 3.8) is 0 Å². The summed E-state index contributed by atoms with van der Waals surface area (Å²) in [4.78, 5) is 32.1. The third-order valence-electron chi connectivity index (χ3n) is 10.3. The summed E-state index contributed by atoms with van der Waals surface area (Å²) in [6.45, 7) is 11.1. The van der Waals surface area contributed by atoms with E-state index in [0.717, 1.165) is 30.8 Å². The molecular formula is C35H51N7O2. The van der Waals surface area contributed by atoms with Gasteiger partial charge in [0.15, 0.2) is 0 Å².